The van der Waals surface area contributed by atoms with Crippen LogP contribution in [0.25, 0.3) is 44.2 Å². The predicted octanol–water partition coefficient (Wildman–Crippen LogP) is 6.56. The highest BCUT2D eigenvalue weighted by atomic mass is 32.2. The molecule has 7 nitrogen and oxygen atoms in total. The van der Waals surface area contributed by atoms with E-state index in [2.05, 4.69) is 4.98 Å². The van der Waals surface area contributed by atoms with Crippen LogP contribution in [0, 0.1) is 5.82 Å². The number of sulfonamides is 1. The summed E-state index contributed by atoms with van der Waals surface area (Å²) < 4.78 is 64.9. The van der Waals surface area contributed by atoms with Gasteiger partial charge in [-0.3, -0.25) is 4.31 Å². The molecule has 0 aliphatic rings. The number of halogens is 1. The number of pyridine rings is 1. The lowest BCUT2D eigenvalue weighted by Gasteiger charge is -2.17. The lowest BCUT2D eigenvalue weighted by atomic mass is 9.92. The van der Waals surface area contributed by atoms with E-state index < -0.39 is 25.7 Å². The van der Waals surface area contributed by atoms with Gasteiger partial charge in [-0.25, -0.2) is 26.2 Å². The van der Waals surface area contributed by atoms with Crippen molar-refractivity contribution < 1.29 is 21.2 Å². The fourth-order valence-electron chi connectivity index (χ4n) is 5.10. The summed E-state index contributed by atoms with van der Waals surface area (Å²) in [5.74, 6) is -0.743. The predicted molar refractivity (Wildman–Crippen MR) is 165 cm³/mol. The molecule has 0 bridgehead atoms. The molecule has 6 aromatic rings. The summed E-state index contributed by atoms with van der Waals surface area (Å²) in [6.45, 7) is 0. The molecule has 42 heavy (non-hydrogen) atoms. The third kappa shape index (κ3) is 5.15. The normalized spacial score (nSPS) is 12.2. The maximum absolute atomic E-state index is 13.4. The summed E-state index contributed by atoms with van der Waals surface area (Å²) in [6.07, 6.45) is 2.94. The van der Waals surface area contributed by atoms with Gasteiger partial charge in [0.1, 0.15) is 11.5 Å². The summed E-state index contributed by atoms with van der Waals surface area (Å²) >= 11 is 0. The summed E-state index contributed by atoms with van der Waals surface area (Å²) in [4.78, 5) is 8.14. The van der Waals surface area contributed by atoms with E-state index in [0.29, 0.717) is 16.9 Å². The molecule has 0 spiro atoms. The first-order valence-corrected chi connectivity index (χ1v) is 16.5. The van der Waals surface area contributed by atoms with Crippen molar-refractivity contribution in [1.29, 1.82) is 0 Å². The topological polar surface area (TPSA) is 100 Å². The number of aromatic amines is 1. The number of benzene rings is 4. The summed E-state index contributed by atoms with van der Waals surface area (Å²) in [7, 11) is -5.61. The number of anilines is 1. The second kappa shape index (κ2) is 10.4. The molecule has 0 unspecified atom stereocenters. The molecule has 1 N–H and O–H groups in total. The number of hydrogen-bond acceptors (Lipinski definition) is 5. The molecule has 2 heterocycles. The number of nitrogens with zero attached hydrogens (tertiary/aromatic N) is 2. The molecule has 10 heteroatoms. The van der Waals surface area contributed by atoms with Crippen LogP contribution in [0.15, 0.2) is 108 Å². The Morgan fingerprint density at radius 1 is 0.833 bits per heavy atom. The summed E-state index contributed by atoms with van der Waals surface area (Å²) in [5.41, 5.74) is 6.13. The molecular formula is C32H26FN3O4S2. The standard InChI is InChI=1S/C32H26FN3O4S2/c1-36(41(2,37)38)25-13-9-22(10-14-25)28-19-34-32-31(30(28)23-6-4-3-5-7-23)27-18-21(8-17-29(27)35-32)20-42(39,40)26-15-11-24(33)12-16-26/h3-19H,20H2,1-2H3,(H,34,35). The van der Waals surface area contributed by atoms with E-state index in [1.807, 2.05) is 54.6 Å². The van der Waals surface area contributed by atoms with Crippen LogP contribution in [0.4, 0.5) is 10.1 Å². The number of rotatable bonds is 7. The average molecular weight is 600 g/mol. The van der Waals surface area contributed by atoms with Gasteiger partial charge >= 0.3 is 0 Å². The lowest BCUT2D eigenvalue weighted by molar-refractivity contribution is 0.593. The van der Waals surface area contributed by atoms with Gasteiger partial charge in [0.2, 0.25) is 10.0 Å². The van der Waals surface area contributed by atoms with E-state index >= 15 is 0 Å². The zero-order valence-electron chi connectivity index (χ0n) is 22.7. The van der Waals surface area contributed by atoms with Crippen LogP contribution in [-0.2, 0) is 25.6 Å². The maximum Gasteiger partial charge on any atom is 0.231 e. The number of hydrogen-bond donors (Lipinski definition) is 1. The number of sulfone groups is 1. The van der Waals surface area contributed by atoms with Crippen LogP contribution in [0.5, 0.6) is 0 Å². The van der Waals surface area contributed by atoms with Crippen LogP contribution >= 0.6 is 0 Å². The van der Waals surface area contributed by atoms with Gasteiger partial charge in [0.25, 0.3) is 0 Å². The van der Waals surface area contributed by atoms with Crippen molar-refractivity contribution in [3.8, 4) is 22.3 Å². The van der Waals surface area contributed by atoms with E-state index in [-0.39, 0.29) is 10.6 Å². The highest BCUT2D eigenvalue weighted by Crippen LogP contribution is 2.41. The van der Waals surface area contributed by atoms with E-state index in [9.17, 15) is 21.2 Å². The summed E-state index contributed by atoms with van der Waals surface area (Å²) in [5, 5.41) is 1.66. The highest BCUT2D eigenvalue weighted by molar-refractivity contribution is 7.92. The van der Waals surface area contributed by atoms with Gasteiger partial charge in [-0.05, 0) is 65.2 Å². The molecule has 212 valence electrons. The van der Waals surface area contributed by atoms with Crippen LogP contribution in [-0.4, -0.2) is 40.1 Å². The van der Waals surface area contributed by atoms with Gasteiger partial charge in [-0.2, -0.15) is 0 Å². The van der Waals surface area contributed by atoms with Gasteiger partial charge in [-0.15, -0.1) is 0 Å². The molecule has 2 aromatic heterocycles. The van der Waals surface area contributed by atoms with Crippen molar-refractivity contribution in [2.75, 3.05) is 17.6 Å². The second-order valence-corrected chi connectivity index (χ2v) is 14.1. The van der Waals surface area contributed by atoms with Crippen LogP contribution < -0.4 is 4.31 Å². The van der Waals surface area contributed by atoms with Gasteiger partial charge in [0.15, 0.2) is 9.84 Å². The highest BCUT2D eigenvalue weighted by Gasteiger charge is 2.20. The van der Waals surface area contributed by atoms with Gasteiger partial charge < -0.3 is 4.98 Å². The summed E-state index contributed by atoms with van der Waals surface area (Å²) in [6, 6.07) is 27.4. The van der Waals surface area contributed by atoms with Crippen molar-refractivity contribution >= 4 is 47.5 Å². The molecule has 6 rings (SSSR count). The van der Waals surface area contributed by atoms with Crippen molar-refractivity contribution in [2.45, 2.75) is 10.6 Å². The van der Waals surface area contributed by atoms with Gasteiger partial charge in [-0.1, -0.05) is 48.5 Å². The quantitative estimate of drug-likeness (QED) is 0.210. The third-order valence-electron chi connectivity index (χ3n) is 7.32. The van der Waals surface area contributed by atoms with E-state index in [1.54, 1.807) is 24.4 Å². The number of fused-ring (bicyclic) bond motifs is 3. The Hall–Kier alpha value is -4.54. The smallest absolute Gasteiger partial charge is 0.231 e. The molecule has 0 radical (unpaired) electrons. The minimum absolute atomic E-state index is 0.0572. The van der Waals surface area contributed by atoms with E-state index in [0.717, 1.165) is 56.9 Å². The van der Waals surface area contributed by atoms with Gasteiger partial charge in [0.05, 0.1) is 22.6 Å². The zero-order chi connectivity index (χ0) is 29.6. The van der Waals surface area contributed by atoms with Crippen molar-refractivity contribution in [2.24, 2.45) is 0 Å². The largest absolute Gasteiger partial charge is 0.339 e. The first-order chi connectivity index (χ1) is 20.0. The first kappa shape index (κ1) is 27.6. The molecule has 0 atom stereocenters. The fraction of sp³-hybridized carbons (Fsp3) is 0.0938. The molecule has 0 aliphatic carbocycles. The average Bonchev–Trinajstić information content (AvgIpc) is 3.34. The van der Waals surface area contributed by atoms with E-state index in [4.69, 9.17) is 4.98 Å². The zero-order valence-corrected chi connectivity index (χ0v) is 24.4. The van der Waals surface area contributed by atoms with Crippen molar-refractivity contribution in [3.63, 3.8) is 0 Å². The molecule has 0 amide bonds. The minimum Gasteiger partial charge on any atom is -0.339 e. The first-order valence-electron chi connectivity index (χ1n) is 13.0. The Balaban J connectivity index is 1.52. The Labute approximate surface area is 243 Å². The Morgan fingerprint density at radius 2 is 1.52 bits per heavy atom. The van der Waals surface area contributed by atoms with Gasteiger partial charge in [0, 0.05) is 40.7 Å². The third-order valence-corrected chi connectivity index (χ3v) is 10.2. The van der Waals surface area contributed by atoms with Crippen LogP contribution in [0.1, 0.15) is 5.56 Å². The minimum atomic E-state index is -3.71. The Morgan fingerprint density at radius 3 is 2.19 bits per heavy atom. The molecule has 0 aliphatic heterocycles. The number of aromatic nitrogens is 2. The van der Waals surface area contributed by atoms with Crippen molar-refractivity contribution in [1.82, 2.24) is 9.97 Å². The Bertz CT molecular complexity index is 2160. The molecule has 0 saturated heterocycles. The lowest BCUT2D eigenvalue weighted by Crippen LogP contribution is -2.24. The number of H-pyrrole nitrogens is 1. The molecule has 0 fully saturated rings. The SMILES string of the molecule is CN(c1ccc(-c2cnc3[nH]c4ccc(CS(=O)(=O)c5ccc(F)cc5)cc4c3c2-c2ccccc2)cc1)S(C)(=O)=O. The molecule has 0 saturated carbocycles. The van der Waals surface area contributed by atoms with Crippen molar-refractivity contribution in [3.05, 3.63) is 115 Å². The Kier molecular flexibility index (Phi) is 6.83. The second-order valence-electron chi connectivity index (χ2n) is 10.1. The number of nitrogens with one attached hydrogen (secondary N) is 1. The maximum atomic E-state index is 13.4. The molecular weight excluding hydrogens is 574 g/mol. The monoisotopic (exact) mass is 599 g/mol. The van der Waals surface area contributed by atoms with Crippen LogP contribution in [0.3, 0.4) is 0 Å². The van der Waals surface area contributed by atoms with E-state index in [1.165, 1.54) is 23.5 Å². The molecule has 4 aromatic carbocycles. The van der Waals surface area contributed by atoms with Crippen LogP contribution in [0.2, 0.25) is 0 Å². The fourth-order valence-corrected chi connectivity index (χ4v) is 6.94.